The minimum atomic E-state index is -1.21. The molecule has 0 aliphatic rings. The molecule has 5 N–H and O–H groups in total. The molecule has 3 amide bonds. The Morgan fingerprint density at radius 3 is 2.29 bits per heavy atom. The lowest BCUT2D eigenvalue weighted by Crippen LogP contribution is -2.59. The summed E-state index contributed by atoms with van der Waals surface area (Å²) < 4.78 is 0.913. The van der Waals surface area contributed by atoms with Crippen LogP contribution in [0.25, 0.3) is 0 Å². The highest BCUT2D eigenvalue weighted by Gasteiger charge is 2.33. The Labute approximate surface area is 213 Å². The molecule has 0 bridgehead atoms. The van der Waals surface area contributed by atoms with E-state index in [1.165, 1.54) is 0 Å². The van der Waals surface area contributed by atoms with Crippen molar-refractivity contribution in [1.82, 2.24) is 16.0 Å². The second kappa shape index (κ2) is 11.7. The molecule has 0 aliphatic carbocycles. The van der Waals surface area contributed by atoms with Gasteiger partial charge in [0.1, 0.15) is 11.6 Å². The summed E-state index contributed by atoms with van der Waals surface area (Å²) in [6, 6.07) is 22.6. The molecular formula is C27H29BrN4O3. The van der Waals surface area contributed by atoms with E-state index in [-0.39, 0.29) is 12.3 Å². The number of nitrogen functional groups attached to an aromatic ring is 1. The maximum Gasteiger partial charge on any atom is 0.252 e. The van der Waals surface area contributed by atoms with Crippen molar-refractivity contribution in [3.05, 3.63) is 100 Å². The normalized spacial score (nSPS) is 11.9. The fraction of sp³-hybridized carbons (Fsp3) is 0.222. The Kier molecular flexibility index (Phi) is 8.65. The predicted molar refractivity (Wildman–Crippen MR) is 140 cm³/mol. The second-order valence-corrected chi connectivity index (χ2v) is 9.68. The quantitative estimate of drug-likeness (QED) is 0.313. The number of carbonyl (C=O) groups excluding carboxylic acids is 3. The Morgan fingerprint density at radius 2 is 1.60 bits per heavy atom. The average Bonchev–Trinajstić information content (AvgIpc) is 2.82. The summed E-state index contributed by atoms with van der Waals surface area (Å²) in [7, 11) is 0. The number of rotatable bonds is 9. The maximum atomic E-state index is 13.3. The average molecular weight is 537 g/mol. The zero-order valence-electron chi connectivity index (χ0n) is 19.7. The van der Waals surface area contributed by atoms with Crippen LogP contribution in [0.3, 0.4) is 0 Å². The molecule has 1 atom stereocenters. The minimum Gasteiger partial charge on any atom is -0.399 e. The second-order valence-electron chi connectivity index (χ2n) is 8.77. The van der Waals surface area contributed by atoms with E-state index >= 15 is 0 Å². The molecule has 7 nitrogen and oxygen atoms in total. The van der Waals surface area contributed by atoms with Crippen molar-refractivity contribution in [2.45, 2.75) is 38.4 Å². The van der Waals surface area contributed by atoms with Gasteiger partial charge in [0.05, 0.1) is 0 Å². The number of benzene rings is 3. The highest BCUT2D eigenvalue weighted by molar-refractivity contribution is 9.10. The smallest absolute Gasteiger partial charge is 0.252 e. The van der Waals surface area contributed by atoms with Gasteiger partial charge in [-0.3, -0.25) is 14.4 Å². The maximum absolute atomic E-state index is 13.3. The molecule has 182 valence electrons. The van der Waals surface area contributed by atoms with Gasteiger partial charge in [0.15, 0.2) is 0 Å². The van der Waals surface area contributed by atoms with E-state index in [0.29, 0.717) is 17.8 Å². The van der Waals surface area contributed by atoms with Crippen LogP contribution in [-0.4, -0.2) is 29.3 Å². The molecule has 0 heterocycles. The molecule has 3 rings (SSSR count). The lowest BCUT2D eigenvalue weighted by atomic mass is 10.0. The molecule has 0 unspecified atom stereocenters. The van der Waals surface area contributed by atoms with E-state index in [2.05, 4.69) is 31.9 Å². The third kappa shape index (κ3) is 7.68. The molecule has 0 radical (unpaired) electrons. The highest BCUT2D eigenvalue weighted by Crippen LogP contribution is 2.13. The van der Waals surface area contributed by atoms with Gasteiger partial charge in [-0.15, -0.1) is 0 Å². The third-order valence-corrected chi connectivity index (χ3v) is 5.89. The standard InChI is InChI=1S/C27H29BrN4O3/c1-27(2,26(35)30-17-19-10-6-12-21(28)14-19)32-25(34)23(15-18-8-4-3-5-9-18)31-24(33)20-11-7-13-22(29)16-20/h3-14,16,23H,15,17,29H2,1-2H3,(H,30,35)(H,31,33)(H,32,34)/t23-/m0/s1. The first-order valence-electron chi connectivity index (χ1n) is 11.2. The fourth-order valence-corrected chi connectivity index (χ4v) is 3.93. The molecule has 0 saturated carbocycles. The number of hydrogen-bond donors (Lipinski definition) is 4. The number of amides is 3. The first kappa shape index (κ1) is 26.0. The van der Waals surface area contributed by atoms with Gasteiger partial charge in [0.2, 0.25) is 11.8 Å². The lowest BCUT2D eigenvalue weighted by molar-refractivity contribution is -0.133. The molecule has 0 aliphatic heterocycles. The van der Waals surface area contributed by atoms with Crippen LogP contribution in [-0.2, 0) is 22.6 Å². The van der Waals surface area contributed by atoms with E-state index < -0.39 is 23.4 Å². The summed E-state index contributed by atoms with van der Waals surface area (Å²) >= 11 is 3.41. The molecule has 0 spiro atoms. The Balaban J connectivity index is 1.71. The number of carbonyl (C=O) groups is 3. The lowest BCUT2D eigenvalue weighted by Gasteiger charge is -2.28. The van der Waals surface area contributed by atoms with Crippen molar-refractivity contribution in [3.8, 4) is 0 Å². The van der Waals surface area contributed by atoms with E-state index in [1.807, 2.05) is 54.6 Å². The summed E-state index contributed by atoms with van der Waals surface area (Å²) in [6.45, 7) is 3.57. The van der Waals surface area contributed by atoms with E-state index in [0.717, 1.165) is 15.6 Å². The molecule has 0 saturated heterocycles. The van der Waals surface area contributed by atoms with Crippen LogP contribution in [0.5, 0.6) is 0 Å². The van der Waals surface area contributed by atoms with Crippen LogP contribution in [0.1, 0.15) is 35.3 Å². The van der Waals surface area contributed by atoms with Crippen molar-refractivity contribution in [1.29, 1.82) is 0 Å². The van der Waals surface area contributed by atoms with Gasteiger partial charge >= 0.3 is 0 Å². The highest BCUT2D eigenvalue weighted by atomic mass is 79.9. The Hall–Kier alpha value is -3.65. The Bertz CT molecular complexity index is 1200. The number of anilines is 1. The van der Waals surface area contributed by atoms with Gasteiger partial charge in [-0.05, 0) is 55.3 Å². The topological polar surface area (TPSA) is 113 Å². The van der Waals surface area contributed by atoms with Crippen molar-refractivity contribution in [2.75, 3.05) is 5.73 Å². The van der Waals surface area contributed by atoms with E-state index in [4.69, 9.17) is 5.73 Å². The van der Waals surface area contributed by atoms with Crippen molar-refractivity contribution < 1.29 is 14.4 Å². The first-order chi connectivity index (χ1) is 16.6. The number of halogens is 1. The number of nitrogens with one attached hydrogen (secondary N) is 3. The molecule has 0 aromatic heterocycles. The van der Waals surface area contributed by atoms with Crippen molar-refractivity contribution in [2.24, 2.45) is 0 Å². The minimum absolute atomic E-state index is 0.260. The van der Waals surface area contributed by atoms with Gasteiger partial charge in [0.25, 0.3) is 5.91 Å². The predicted octanol–water partition coefficient (Wildman–Crippen LogP) is 3.58. The van der Waals surface area contributed by atoms with E-state index in [1.54, 1.807) is 38.1 Å². The number of nitrogens with two attached hydrogens (primary N) is 1. The Morgan fingerprint density at radius 1 is 0.914 bits per heavy atom. The van der Waals surface area contributed by atoms with Crippen LogP contribution in [0, 0.1) is 0 Å². The summed E-state index contributed by atoms with van der Waals surface area (Å²) in [4.78, 5) is 39.0. The van der Waals surface area contributed by atoms with Gasteiger partial charge in [-0.2, -0.15) is 0 Å². The van der Waals surface area contributed by atoms with Crippen LogP contribution >= 0.6 is 15.9 Å². The van der Waals surface area contributed by atoms with Crippen LogP contribution in [0.15, 0.2) is 83.3 Å². The molecule has 8 heteroatoms. The van der Waals surface area contributed by atoms with Gasteiger partial charge in [-0.25, -0.2) is 0 Å². The monoisotopic (exact) mass is 536 g/mol. The van der Waals surface area contributed by atoms with Crippen LogP contribution in [0.2, 0.25) is 0 Å². The SMILES string of the molecule is CC(C)(NC(=O)[C@H](Cc1ccccc1)NC(=O)c1cccc(N)c1)C(=O)NCc1cccc(Br)c1. The molecule has 0 fully saturated rings. The molecule has 3 aromatic carbocycles. The zero-order valence-corrected chi connectivity index (χ0v) is 21.3. The van der Waals surface area contributed by atoms with Crippen LogP contribution < -0.4 is 21.7 Å². The van der Waals surface area contributed by atoms with Crippen molar-refractivity contribution in [3.63, 3.8) is 0 Å². The largest absolute Gasteiger partial charge is 0.399 e. The summed E-state index contributed by atoms with van der Waals surface area (Å²) in [5, 5.41) is 8.44. The summed E-state index contributed by atoms with van der Waals surface area (Å²) in [5.41, 5.74) is 7.18. The van der Waals surface area contributed by atoms with Gasteiger partial charge < -0.3 is 21.7 Å². The fourth-order valence-electron chi connectivity index (χ4n) is 3.48. The molecule has 3 aromatic rings. The van der Waals surface area contributed by atoms with E-state index in [9.17, 15) is 14.4 Å². The van der Waals surface area contributed by atoms with Crippen LogP contribution in [0.4, 0.5) is 5.69 Å². The summed E-state index contributed by atoms with van der Waals surface area (Å²) in [5.74, 6) is -1.23. The molecular weight excluding hydrogens is 508 g/mol. The first-order valence-corrected chi connectivity index (χ1v) is 12.0. The zero-order chi connectivity index (χ0) is 25.4. The van der Waals surface area contributed by atoms with Gasteiger partial charge in [0, 0.05) is 28.7 Å². The third-order valence-electron chi connectivity index (χ3n) is 5.40. The molecule has 35 heavy (non-hydrogen) atoms. The summed E-state index contributed by atoms with van der Waals surface area (Å²) in [6.07, 6.45) is 0.260. The van der Waals surface area contributed by atoms with Crippen molar-refractivity contribution >= 4 is 39.3 Å². The van der Waals surface area contributed by atoms with Gasteiger partial charge in [-0.1, -0.05) is 64.5 Å². The number of hydrogen-bond acceptors (Lipinski definition) is 4.